The maximum absolute atomic E-state index is 13.7. The number of nitrogens with one attached hydrogen (secondary N) is 1. The molecule has 2 aromatic rings. The summed E-state index contributed by atoms with van der Waals surface area (Å²) in [5.74, 6) is -0.665. The molecule has 1 N–H and O–H groups in total. The van der Waals surface area contributed by atoms with E-state index >= 15 is 0 Å². The first kappa shape index (κ1) is 28.4. The molecule has 192 valence electrons. The number of carbonyl (C=O) groups excluding carboxylic acids is 2. The zero-order valence-corrected chi connectivity index (χ0v) is 22.8. The van der Waals surface area contributed by atoms with Crippen molar-refractivity contribution in [1.82, 2.24) is 10.2 Å². The second-order valence-electron chi connectivity index (χ2n) is 10.0. The molecule has 2 amide bonds. The molecule has 0 saturated carbocycles. The average molecular weight is 502 g/mol. The highest BCUT2D eigenvalue weighted by molar-refractivity contribution is 7.92. The van der Waals surface area contributed by atoms with Crippen molar-refractivity contribution >= 4 is 27.5 Å². The van der Waals surface area contributed by atoms with Gasteiger partial charge in [-0.05, 0) is 70.2 Å². The number of carbonyl (C=O) groups is 2. The Morgan fingerprint density at radius 3 is 2.20 bits per heavy atom. The highest BCUT2D eigenvalue weighted by Gasteiger charge is 2.33. The molecule has 2 rings (SSSR count). The lowest BCUT2D eigenvalue weighted by Crippen LogP contribution is -2.56. The van der Waals surface area contributed by atoms with Gasteiger partial charge in [0.25, 0.3) is 0 Å². The lowest BCUT2D eigenvalue weighted by atomic mass is 10.1. The quantitative estimate of drug-likeness (QED) is 0.536. The van der Waals surface area contributed by atoms with Gasteiger partial charge in [0.15, 0.2) is 0 Å². The van der Waals surface area contributed by atoms with E-state index in [1.165, 1.54) is 4.90 Å². The Balaban J connectivity index is 2.42. The summed E-state index contributed by atoms with van der Waals surface area (Å²) >= 11 is 0. The van der Waals surface area contributed by atoms with E-state index in [4.69, 9.17) is 0 Å². The van der Waals surface area contributed by atoms with Crippen molar-refractivity contribution in [1.29, 1.82) is 0 Å². The van der Waals surface area contributed by atoms with Gasteiger partial charge in [-0.1, -0.05) is 49.4 Å². The van der Waals surface area contributed by atoms with Crippen molar-refractivity contribution in [3.05, 3.63) is 65.2 Å². The van der Waals surface area contributed by atoms with Crippen LogP contribution in [0.3, 0.4) is 0 Å². The summed E-state index contributed by atoms with van der Waals surface area (Å²) in [4.78, 5) is 28.4. The van der Waals surface area contributed by atoms with Crippen LogP contribution in [0.15, 0.2) is 48.5 Å². The summed E-state index contributed by atoms with van der Waals surface area (Å²) in [5.41, 5.74) is 2.68. The fourth-order valence-corrected chi connectivity index (χ4v) is 4.83. The van der Waals surface area contributed by atoms with Gasteiger partial charge in [0.1, 0.15) is 12.6 Å². The minimum absolute atomic E-state index is 0.251. The SMILES string of the molecule is CCC(C(=O)NC(C)(C)C)N(CCc1ccccc1)C(=O)CN(c1cc(C)ccc1C)S(C)(=O)=O. The molecule has 0 saturated heterocycles. The topological polar surface area (TPSA) is 86.8 Å². The van der Waals surface area contributed by atoms with Gasteiger partial charge < -0.3 is 10.2 Å². The van der Waals surface area contributed by atoms with Gasteiger partial charge in [-0.25, -0.2) is 8.42 Å². The number of benzene rings is 2. The van der Waals surface area contributed by atoms with Gasteiger partial charge >= 0.3 is 0 Å². The lowest BCUT2D eigenvalue weighted by Gasteiger charge is -2.34. The smallest absolute Gasteiger partial charge is 0.244 e. The number of rotatable bonds is 10. The minimum Gasteiger partial charge on any atom is -0.350 e. The highest BCUT2D eigenvalue weighted by Crippen LogP contribution is 2.24. The monoisotopic (exact) mass is 501 g/mol. The van der Waals surface area contributed by atoms with Crippen LogP contribution in [0.1, 0.15) is 50.8 Å². The molecule has 0 spiro atoms. The summed E-state index contributed by atoms with van der Waals surface area (Å²) in [6.45, 7) is 11.1. The van der Waals surface area contributed by atoms with E-state index in [2.05, 4.69) is 5.32 Å². The molecule has 2 aromatic carbocycles. The van der Waals surface area contributed by atoms with Crippen LogP contribution in [-0.4, -0.2) is 56.1 Å². The van der Waals surface area contributed by atoms with E-state index in [1.54, 1.807) is 6.07 Å². The van der Waals surface area contributed by atoms with E-state index in [0.717, 1.165) is 27.3 Å². The molecular weight excluding hydrogens is 462 g/mol. The number of anilines is 1. The van der Waals surface area contributed by atoms with Crippen LogP contribution in [0.2, 0.25) is 0 Å². The van der Waals surface area contributed by atoms with E-state index in [9.17, 15) is 18.0 Å². The zero-order chi connectivity index (χ0) is 26.4. The number of hydrogen-bond donors (Lipinski definition) is 1. The zero-order valence-electron chi connectivity index (χ0n) is 22.0. The molecule has 8 heteroatoms. The fourth-order valence-electron chi connectivity index (χ4n) is 3.93. The Bertz CT molecular complexity index is 1120. The first-order chi connectivity index (χ1) is 16.2. The molecule has 35 heavy (non-hydrogen) atoms. The van der Waals surface area contributed by atoms with Gasteiger partial charge in [-0.15, -0.1) is 0 Å². The predicted molar refractivity (Wildman–Crippen MR) is 142 cm³/mol. The maximum atomic E-state index is 13.7. The van der Waals surface area contributed by atoms with E-state index in [1.807, 2.05) is 84.0 Å². The summed E-state index contributed by atoms with van der Waals surface area (Å²) in [6, 6.07) is 14.5. The van der Waals surface area contributed by atoms with E-state index in [0.29, 0.717) is 25.1 Å². The lowest BCUT2D eigenvalue weighted by molar-refractivity contribution is -0.140. The Labute approximate surface area is 210 Å². The Kier molecular flexibility index (Phi) is 9.49. The van der Waals surface area contributed by atoms with Gasteiger partial charge in [-0.2, -0.15) is 0 Å². The van der Waals surface area contributed by atoms with Crippen molar-refractivity contribution < 1.29 is 18.0 Å². The molecule has 0 aliphatic carbocycles. The number of sulfonamides is 1. The molecule has 0 aromatic heterocycles. The minimum atomic E-state index is -3.75. The molecule has 1 unspecified atom stereocenters. The largest absolute Gasteiger partial charge is 0.350 e. The van der Waals surface area contributed by atoms with Crippen LogP contribution >= 0.6 is 0 Å². The molecular formula is C27H39N3O4S. The van der Waals surface area contributed by atoms with Gasteiger partial charge in [0.05, 0.1) is 11.9 Å². The van der Waals surface area contributed by atoms with E-state index in [-0.39, 0.29) is 12.5 Å². The summed E-state index contributed by atoms with van der Waals surface area (Å²) in [7, 11) is -3.75. The van der Waals surface area contributed by atoms with Crippen LogP contribution in [0.5, 0.6) is 0 Å². The third-order valence-corrected chi connectivity index (χ3v) is 6.81. The second-order valence-corrected chi connectivity index (χ2v) is 12.0. The molecule has 0 fully saturated rings. The number of hydrogen-bond acceptors (Lipinski definition) is 4. The van der Waals surface area contributed by atoms with Crippen LogP contribution in [0, 0.1) is 13.8 Å². The van der Waals surface area contributed by atoms with Crippen LogP contribution in [0.4, 0.5) is 5.69 Å². The van der Waals surface area contributed by atoms with Crippen LogP contribution < -0.4 is 9.62 Å². The second kappa shape index (κ2) is 11.7. The molecule has 0 bridgehead atoms. The first-order valence-electron chi connectivity index (χ1n) is 11.9. The number of amides is 2. The maximum Gasteiger partial charge on any atom is 0.244 e. The summed E-state index contributed by atoms with van der Waals surface area (Å²) in [5, 5.41) is 2.97. The van der Waals surface area contributed by atoms with Crippen LogP contribution in [0.25, 0.3) is 0 Å². The Morgan fingerprint density at radius 1 is 1.03 bits per heavy atom. The van der Waals surface area contributed by atoms with Gasteiger partial charge in [0.2, 0.25) is 21.8 Å². The van der Waals surface area contributed by atoms with Crippen LogP contribution in [-0.2, 0) is 26.0 Å². The first-order valence-corrected chi connectivity index (χ1v) is 13.8. The fraction of sp³-hybridized carbons (Fsp3) is 0.481. The average Bonchev–Trinajstić information content (AvgIpc) is 2.75. The standard InChI is InChI=1S/C27H39N3O4S/c1-8-23(26(32)28-27(4,5)6)29(17-16-22-12-10-9-11-13-22)25(31)19-30(35(7,33)34)24-18-20(2)14-15-21(24)3/h9-15,18,23H,8,16-17,19H2,1-7H3,(H,28,32). The van der Waals surface area contributed by atoms with Crippen molar-refractivity contribution in [2.24, 2.45) is 0 Å². The normalized spacial score (nSPS) is 12.7. The Hall–Kier alpha value is -2.87. The van der Waals surface area contributed by atoms with Gasteiger partial charge in [-0.3, -0.25) is 13.9 Å². The van der Waals surface area contributed by atoms with E-state index < -0.39 is 27.5 Å². The predicted octanol–water partition coefficient (Wildman–Crippen LogP) is 3.83. The van der Waals surface area contributed by atoms with Crippen molar-refractivity contribution in [2.45, 2.75) is 66.0 Å². The van der Waals surface area contributed by atoms with Crippen molar-refractivity contribution in [3.8, 4) is 0 Å². The molecule has 0 radical (unpaired) electrons. The van der Waals surface area contributed by atoms with Crippen molar-refractivity contribution in [3.63, 3.8) is 0 Å². The summed E-state index contributed by atoms with van der Waals surface area (Å²) in [6.07, 6.45) is 2.05. The molecule has 0 heterocycles. The van der Waals surface area contributed by atoms with Crippen molar-refractivity contribution in [2.75, 3.05) is 23.7 Å². The Morgan fingerprint density at radius 2 is 1.66 bits per heavy atom. The molecule has 0 aliphatic rings. The third-order valence-electron chi connectivity index (χ3n) is 5.68. The molecule has 1 atom stereocenters. The molecule has 0 aliphatic heterocycles. The third kappa shape index (κ3) is 8.38. The molecule has 7 nitrogen and oxygen atoms in total. The summed E-state index contributed by atoms with van der Waals surface area (Å²) < 4.78 is 26.7. The number of nitrogens with zero attached hydrogens (tertiary/aromatic N) is 2. The highest BCUT2D eigenvalue weighted by atomic mass is 32.2. The number of aryl methyl sites for hydroxylation is 2. The van der Waals surface area contributed by atoms with Gasteiger partial charge in [0, 0.05) is 12.1 Å².